The van der Waals surface area contributed by atoms with Gasteiger partial charge in [0.25, 0.3) is 0 Å². The van der Waals surface area contributed by atoms with Gasteiger partial charge in [0.2, 0.25) is 0 Å². The molecule has 0 fully saturated rings. The average Bonchev–Trinajstić information content (AvgIpc) is 2.46. The molecule has 0 unspecified atom stereocenters. The molecule has 0 aliphatic heterocycles. The van der Waals surface area contributed by atoms with Gasteiger partial charge in [-0.25, -0.2) is 0 Å². The van der Waals surface area contributed by atoms with E-state index in [2.05, 4.69) is 43.3 Å². The standard InChI is InChI=1S/C18H21N/c1-2-3-5-12-16(15-10-6-4-7-11-15)17-13-8-9-14-18(17)19/h4,6-14H,2-3,5,19H2,1H3. The molecule has 0 amide bonds. The number of anilines is 1. The van der Waals surface area contributed by atoms with Gasteiger partial charge < -0.3 is 5.73 Å². The number of nitrogens with two attached hydrogens (primary N) is 1. The van der Waals surface area contributed by atoms with Crippen molar-refractivity contribution in [2.45, 2.75) is 26.2 Å². The van der Waals surface area contributed by atoms with Crippen molar-refractivity contribution in [1.29, 1.82) is 0 Å². The summed E-state index contributed by atoms with van der Waals surface area (Å²) in [4.78, 5) is 0. The molecule has 2 rings (SSSR count). The SMILES string of the molecule is CCCCC=C(c1ccccc1)c1ccccc1N. The van der Waals surface area contributed by atoms with Crippen LogP contribution in [0.4, 0.5) is 5.69 Å². The summed E-state index contributed by atoms with van der Waals surface area (Å²) < 4.78 is 0. The number of rotatable bonds is 5. The van der Waals surface area contributed by atoms with Crippen molar-refractivity contribution in [2.24, 2.45) is 0 Å². The highest BCUT2D eigenvalue weighted by atomic mass is 14.6. The van der Waals surface area contributed by atoms with Crippen LogP contribution in [0.5, 0.6) is 0 Å². The van der Waals surface area contributed by atoms with Crippen molar-refractivity contribution in [2.75, 3.05) is 5.73 Å². The third kappa shape index (κ3) is 3.47. The quantitative estimate of drug-likeness (QED) is 0.594. The lowest BCUT2D eigenvalue weighted by Crippen LogP contribution is -1.95. The van der Waals surface area contributed by atoms with E-state index < -0.39 is 0 Å². The molecule has 1 heteroatoms. The highest BCUT2D eigenvalue weighted by molar-refractivity contribution is 5.85. The molecule has 0 atom stereocenters. The van der Waals surface area contributed by atoms with E-state index >= 15 is 0 Å². The summed E-state index contributed by atoms with van der Waals surface area (Å²) in [6, 6.07) is 18.6. The van der Waals surface area contributed by atoms with Crippen LogP contribution in [0.3, 0.4) is 0 Å². The van der Waals surface area contributed by atoms with Crippen molar-refractivity contribution in [3.05, 3.63) is 71.8 Å². The van der Waals surface area contributed by atoms with Gasteiger partial charge in [-0.2, -0.15) is 0 Å². The van der Waals surface area contributed by atoms with E-state index in [9.17, 15) is 0 Å². The van der Waals surface area contributed by atoms with Gasteiger partial charge in [-0.1, -0.05) is 74.4 Å². The van der Waals surface area contributed by atoms with Crippen molar-refractivity contribution >= 4 is 11.3 Å². The third-order valence-electron chi connectivity index (χ3n) is 3.24. The van der Waals surface area contributed by atoms with Crippen molar-refractivity contribution in [1.82, 2.24) is 0 Å². The lowest BCUT2D eigenvalue weighted by Gasteiger charge is -2.11. The van der Waals surface area contributed by atoms with Crippen LogP contribution in [0, 0.1) is 0 Å². The van der Waals surface area contributed by atoms with Gasteiger partial charge in [-0.3, -0.25) is 0 Å². The normalized spacial score (nSPS) is 11.5. The second-order valence-corrected chi connectivity index (χ2v) is 4.71. The molecule has 19 heavy (non-hydrogen) atoms. The third-order valence-corrected chi connectivity index (χ3v) is 3.24. The van der Waals surface area contributed by atoms with Crippen molar-refractivity contribution < 1.29 is 0 Å². The smallest absolute Gasteiger partial charge is 0.0393 e. The van der Waals surface area contributed by atoms with E-state index in [-0.39, 0.29) is 0 Å². The Balaban J connectivity index is 2.41. The lowest BCUT2D eigenvalue weighted by molar-refractivity contribution is 0.815. The van der Waals surface area contributed by atoms with E-state index in [4.69, 9.17) is 5.73 Å². The molecule has 0 radical (unpaired) electrons. The van der Waals surface area contributed by atoms with Gasteiger partial charge in [0.15, 0.2) is 0 Å². The average molecular weight is 251 g/mol. The second kappa shape index (κ2) is 6.79. The first-order valence-electron chi connectivity index (χ1n) is 6.93. The Bertz CT molecular complexity index is 541. The summed E-state index contributed by atoms with van der Waals surface area (Å²) in [5.74, 6) is 0. The molecule has 98 valence electrons. The molecular weight excluding hydrogens is 230 g/mol. The minimum absolute atomic E-state index is 0.842. The molecule has 0 bridgehead atoms. The zero-order valence-electron chi connectivity index (χ0n) is 11.5. The van der Waals surface area contributed by atoms with Gasteiger partial charge in [-0.05, 0) is 23.6 Å². The summed E-state index contributed by atoms with van der Waals surface area (Å²) in [5, 5.41) is 0. The van der Waals surface area contributed by atoms with E-state index in [1.54, 1.807) is 0 Å². The summed E-state index contributed by atoms with van der Waals surface area (Å²) in [6.45, 7) is 2.22. The monoisotopic (exact) mass is 251 g/mol. The maximum atomic E-state index is 6.12. The Hall–Kier alpha value is -2.02. The van der Waals surface area contributed by atoms with Gasteiger partial charge in [0, 0.05) is 11.3 Å². The zero-order valence-corrected chi connectivity index (χ0v) is 11.5. The minimum atomic E-state index is 0.842. The van der Waals surface area contributed by atoms with Crippen molar-refractivity contribution in [3.8, 4) is 0 Å². The van der Waals surface area contributed by atoms with Crippen LogP contribution in [0.1, 0.15) is 37.3 Å². The fourth-order valence-electron chi connectivity index (χ4n) is 2.19. The first-order valence-corrected chi connectivity index (χ1v) is 6.93. The highest BCUT2D eigenvalue weighted by Crippen LogP contribution is 2.28. The van der Waals surface area contributed by atoms with Crippen LogP contribution in [0.15, 0.2) is 60.7 Å². The molecule has 0 spiro atoms. The van der Waals surface area contributed by atoms with Crippen LogP contribution < -0.4 is 5.73 Å². The predicted octanol–water partition coefficient (Wildman–Crippen LogP) is 4.89. The predicted molar refractivity (Wildman–Crippen MR) is 83.9 cm³/mol. The maximum absolute atomic E-state index is 6.12. The number of hydrogen-bond donors (Lipinski definition) is 1. The van der Waals surface area contributed by atoms with Crippen LogP contribution in [-0.2, 0) is 0 Å². The Morgan fingerprint density at radius 2 is 1.68 bits per heavy atom. The summed E-state index contributed by atoms with van der Waals surface area (Å²) in [6.07, 6.45) is 5.82. The number of benzene rings is 2. The fourth-order valence-corrected chi connectivity index (χ4v) is 2.19. The Morgan fingerprint density at radius 1 is 1.00 bits per heavy atom. The second-order valence-electron chi connectivity index (χ2n) is 4.71. The van der Waals surface area contributed by atoms with E-state index in [1.165, 1.54) is 24.0 Å². The molecule has 0 aliphatic carbocycles. The van der Waals surface area contributed by atoms with Crippen LogP contribution in [0.25, 0.3) is 5.57 Å². The number of unbranched alkanes of at least 4 members (excludes halogenated alkanes) is 2. The fraction of sp³-hybridized carbons (Fsp3) is 0.222. The molecular formula is C18H21N. The van der Waals surface area contributed by atoms with E-state index in [0.29, 0.717) is 0 Å². The Labute approximate surface area is 115 Å². The topological polar surface area (TPSA) is 26.0 Å². The molecule has 0 heterocycles. The van der Waals surface area contributed by atoms with E-state index in [0.717, 1.165) is 17.7 Å². The molecule has 0 aliphatic rings. The van der Waals surface area contributed by atoms with Crippen LogP contribution in [-0.4, -0.2) is 0 Å². The molecule has 2 aromatic rings. The minimum Gasteiger partial charge on any atom is -0.398 e. The first-order chi connectivity index (χ1) is 9.33. The van der Waals surface area contributed by atoms with Crippen molar-refractivity contribution in [3.63, 3.8) is 0 Å². The molecule has 0 saturated carbocycles. The van der Waals surface area contributed by atoms with Gasteiger partial charge in [0.1, 0.15) is 0 Å². The number of para-hydroxylation sites is 1. The molecule has 2 N–H and O–H groups in total. The Morgan fingerprint density at radius 3 is 2.37 bits per heavy atom. The molecule has 1 nitrogen and oxygen atoms in total. The summed E-state index contributed by atoms with van der Waals surface area (Å²) in [7, 11) is 0. The largest absolute Gasteiger partial charge is 0.398 e. The summed E-state index contributed by atoms with van der Waals surface area (Å²) in [5.41, 5.74) is 10.6. The first kappa shape index (κ1) is 13.4. The number of hydrogen-bond acceptors (Lipinski definition) is 1. The lowest BCUT2D eigenvalue weighted by atomic mass is 9.95. The van der Waals surface area contributed by atoms with Crippen LogP contribution >= 0.6 is 0 Å². The highest BCUT2D eigenvalue weighted by Gasteiger charge is 2.07. The number of allylic oxidation sites excluding steroid dienone is 1. The zero-order chi connectivity index (χ0) is 13.5. The van der Waals surface area contributed by atoms with Gasteiger partial charge >= 0.3 is 0 Å². The maximum Gasteiger partial charge on any atom is 0.0393 e. The van der Waals surface area contributed by atoms with Gasteiger partial charge in [-0.15, -0.1) is 0 Å². The van der Waals surface area contributed by atoms with Gasteiger partial charge in [0.05, 0.1) is 0 Å². The molecule has 0 aromatic heterocycles. The molecule has 0 saturated heterocycles. The molecule has 2 aromatic carbocycles. The van der Waals surface area contributed by atoms with Crippen LogP contribution in [0.2, 0.25) is 0 Å². The number of nitrogen functional groups attached to an aromatic ring is 1. The Kier molecular flexibility index (Phi) is 4.79. The summed E-state index contributed by atoms with van der Waals surface area (Å²) >= 11 is 0. The van der Waals surface area contributed by atoms with E-state index in [1.807, 2.05) is 24.3 Å².